The zero-order chi connectivity index (χ0) is 12.5. The Morgan fingerprint density at radius 1 is 1.59 bits per heavy atom. The molecule has 5 heteroatoms. The van der Waals surface area contributed by atoms with Crippen molar-refractivity contribution in [2.45, 2.75) is 25.4 Å². The van der Waals surface area contributed by atoms with Crippen molar-refractivity contribution in [1.82, 2.24) is 14.5 Å². The molecule has 1 atom stereocenters. The molecule has 0 aliphatic carbocycles. The Labute approximate surface area is 103 Å². The monoisotopic (exact) mass is 238 g/mol. The first-order chi connectivity index (χ1) is 8.06. The Hall–Kier alpha value is -0.910. The second-order valence-electron chi connectivity index (χ2n) is 5.24. The number of hydrogen-bond acceptors (Lipinski definition) is 4. The number of rotatable bonds is 3. The molecule has 1 unspecified atom stereocenters. The van der Waals surface area contributed by atoms with E-state index in [1.807, 2.05) is 24.1 Å². The maximum absolute atomic E-state index is 5.96. The van der Waals surface area contributed by atoms with Crippen LogP contribution < -0.4 is 5.73 Å². The number of morpholine rings is 1. The van der Waals surface area contributed by atoms with Gasteiger partial charge in [0.1, 0.15) is 0 Å². The van der Waals surface area contributed by atoms with Crippen molar-refractivity contribution in [3.05, 3.63) is 18.2 Å². The summed E-state index contributed by atoms with van der Waals surface area (Å²) >= 11 is 0. The number of nitrogens with two attached hydrogens (primary N) is 1. The highest BCUT2D eigenvalue weighted by atomic mass is 16.5. The van der Waals surface area contributed by atoms with Gasteiger partial charge in [0.2, 0.25) is 0 Å². The van der Waals surface area contributed by atoms with E-state index in [2.05, 4.69) is 23.7 Å². The minimum Gasteiger partial charge on any atom is -0.378 e. The number of nitrogens with zero attached hydrogens (tertiary/aromatic N) is 3. The zero-order valence-corrected chi connectivity index (χ0v) is 10.9. The van der Waals surface area contributed by atoms with Gasteiger partial charge in [0, 0.05) is 31.9 Å². The molecule has 17 heavy (non-hydrogen) atoms. The molecule has 0 radical (unpaired) electrons. The van der Waals surface area contributed by atoms with Crippen molar-refractivity contribution >= 4 is 0 Å². The molecular weight excluding hydrogens is 216 g/mol. The summed E-state index contributed by atoms with van der Waals surface area (Å²) in [5, 5.41) is 0. The maximum atomic E-state index is 5.96. The number of ether oxygens (including phenoxy) is 1. The van der Waals surface area contributed by atoms with Crippen LogP contribution in [0.4, 0.5) is 0 Å². The molecule has 1 aliphatic rings. The molecule has 1 aliphatic heterocycles. The SMILES string of the molecule is Cn1cncc1C(CN)N1CCOCC1(C)C. The van der Waals surface area contributed by atoms with Gasteiger partial charge in [-0.2, -0.15) is 0 Å². The van der Waals surface area contributed by atoms with Crippen LogP contribution in [0.5, 0.6) is 0 Å². The molecule has 96 valence electrons. The molecular formula is C12H22N4O. The number of aryl methyl sites for hydroxylation is 1. The van der Waals surface area contributed by atoms with Gasteiger partial charge < -0.3 is 15.0 Å². The molecule has 0 amide bonds. The minimum atomic E-state index is 0.0204. The topological polar surface area (TPSA) is 56.3 Å². The summed E-state index contributed by atoms with van der Waals surface area (Å²) in [4.78, 5) is 6.61. The summed E-state index contributed by atoms with van der Waals surface area (Å²) in [5.74, 6) is 0. The Balaban J connectivity index is 2.26. The van der Waals surface area contributed by atoms with E-state index in [9.17, 15) is 0 Å². The van der Waals surface area contributed by atoms with Crippen LogP contribution in [0, 0.1) is 0 Å². The fraction of sp³-hybridized carbons (Fsp3) is 0.750. The summed E-state index contributed by atoms with van der Waals surface area (Å²) in [7, 11) is 2.01. The summed E-state index contributed by atoms with van der Waals surface area (Å²) < 4.78 is 7.60. The molecule has 0 spiro atoms. The van der Waals surface area contributed by atoms with Gasteiger partial charge in [-0.1, -0.05) is 0 Å². The molecule has 2 heterocycles. The molecule has 5 nitrogen and oxygen atoms in total. The van der Waals surface area contributed by atoms with E-state index in [0.29, 0.717) is 6.54 Å². The molecule has 1 fully saturated rings. The standard InChI is InChI=1S/C12H22N4O/c1-12(2)8-17-5-4-16(12)10(6-13)11-7-14-9-15(11)3/h7,9-10H,4-6,8,13H2,1-3H3. The summed E-state index contributed by atoms with van der Waals surface area (Å²) in [6, 6.07) is 0.210. The number of imidazole rings is 1. The second-order valence-corrected chi connectivity index (χ2v) is 5.24. The zero-order valence-electron chi connectivity index (χ0n) is 10.9. The van der Waals surface area contributed by atoms with E-state index >= 15 is 0 Å². The van der Waals surface area contributed by atoms with Gasteiger partial charge >= 0.3 is 0 Å². The first kappa shape index (κ1) is 12.5. The fourth-order valence-corrected chi connectivity index (χ4v) is 2.54. The first-order valence-corrected chi connectivity index (χ1v) is 6.07. The van der Waals surface area contributed by atoms with E-state index < -0.39 is 0 Å². The highest BCUT2D eigenvalue weighted by Gasteiger charge is 2.36. The smallest absolute Gasteiger partial charge is 0.0946 e. The normalized spacial score (nSPS) is 22.6. The molecule has 1 saturated heterocycles. The predicted octanol–water partition coefficient (Wildman–Crippen LogP) is 0.531. The molecule has 1 aromatic heterocycles. The van der Waals surface area contributed by atoms with Crippen LogP contribution in [0.15, 0.2) is 12.5 Å². The van der Waals surface area contributed by atoms with E-state index in [0.717, 1.165) is 19.8 Å². The van der Waals surface area contributed by atoms with Crippen LogP contribution in [0.1, 0.15) is 25.6 Å². The highest BCUT2D eigenvalue weighted by Crippen LogP contribution is 2.29. The average molecular weight is 238 g/mol. The van der Waals surface area contributed by atoms with Crippen molar-refractivity contribution in [3.63, 3.8) is 0 Å². The molecule has 0 bridgehead atoms. The van der Waals surface area contributed by atoms with Crippen molar-refractivity contribution in [1.29, 1.82) is 0 Å². The van der Waals surface area contributed by atoms with Gasteiger partial charge in [0.05, 0.1) is 31.3 Å². The molecule has 2 rings (SSSR count). The molecule has 1 aromatic rings. The van der Waals surface area contributed by atoms with Crippen LogP contribution >= 0.6 is 0 Å². The highest BCUT2D eigenvalue weighted by molar-refractivity contribution is 5.08. The quantitative estimate of drug-likeness (QED) is 0.834. The van der Waals surface area contributed by atoms with E-state index in [4.69, 9.17) is 10.5 Å². The van der Waals surface area contributed by atoms with Crippen LogP contribution in [-0.2, 0) is 11.8 Å². The lowest BCUT2D eigenvalue weighted by Gasteiger charge is -2.46. The largest absolute Gasteiger partial charge is 0.378 e. The van der Waals surface area contributed by atoms with Gasteiger partial charge in [-0.15, -0.1) is 0 Å². The van der Waals surface area contributed by atoms with Crippen LogP contribution in [0.2, 0.25) is 0 Å². The van der Waals surface area contributed by atoms with Crippen molar-refractivity contribution in [2.75, 3.05) is 26.3 Å². The predicted molar refractivity (Wildman–Crippen MR) is 66.6 cm³/mol. The second kappa shape index (κ2) is 4.76. The van der Waals surface area contributed by atoms with Crippen molar-refractivity contribution < 1.29 is 4.74 Å². The van der Waals surface area contributed by atoms with E-state index in [1.165, 1.54) is 5.69 Å². The Morgan fingerprint density at radius 2 is 2.35 bits per heavy atom. The van der Waals surface area contributed by atoms with Crippen LogP contribution in [-0.4, -0.2) is 46.3 Å². The Morgan fingerprint density at radius 3 is 2.88 bits per heavy atom. The number of aromatic nitrogens is 2. The summed E-state index contributed by atoms with van der Waals surface area (Å²) in [6.45, 7) is 7.44. The van der Waals surface area contributed by atoms with Crippen LogP contribution in [0.25, 0.3) is 0 Å². The van der Waals surface area contributed by atoms with Gasteiger partial charge in [0.15, 0.2) is 0 Å². The lowest BCUT2D eigenvalue weighted by atomic mass is 9.98. The third-order valence-corrected chi connectivity index (χ3v) is 3.50. The van der Waals surface area contributed by atoms with Crippen LogP contribution in [0.3, 0.4) is 0 Å². The Kier molecular flexibility index (Phi) is 3.51. The van der Waals surface area contributed by atoms with Gasteiger partial charge in [0.25, 0.3) is 0 Å². The fourth-order valence-electron chi connectivity index (χ4n) is 2.54. The van der Waals surface area contributed by atoms with E-state index in [-0.39, 0.29) is 11.6 Å². The van der Waals surface area contributed by atoms with Gasteiger partial charge in [-0.05, 0) is 13.8 Å². The Bertz CT molecular complexity index is 374. The average Bonchev–Trinajstić information content (AvgIpc) is 2.68. The van der Waals surface area contributed by atoms with Crippen molar-refractivity contribution in [3.8, 4) is 0 Å². The van der Waals surface area contributed by atoms with E-state index in [1.54, 1.807) is 0 Å². The summed E-state index contributed by atoms with van der Waals surface area (Å²) in [5.41, 5.74) is 7.15. The molecule has 2 N–H and O–H groups in total. The van der Waals surface area contributed by atoms with Gasteiger partial charge in [-0.3, -0.25) is 4.90 Å². The summed E-state index contributed by atoms with van der Waals surface area (Å²) in [6.07, 6.45) is 3.73. The molecule has 0 aromatic carbocycles. The third-order valence-electron chi connectivity index (χ3n) is 3.50. The van der Waals surface area contributed by atoms with Gasteiger partial charge in [-0.25, -0.2) is 4.98 Å². The third kappa shape index (κ3) is 2.36. The lowest BCUT2D eigenvalue weighted by Crippen LogP contribution is -2.55. The first-order valence-electron chi connectivity index (χ1n) is 6.07. The minimum absolute atomic E-state index is 0.0204. The van der Waals surface area contributed by atoms with Crippen molar-refractivity contribution in [2.24, 2.45) is 12.8 Å². The number of hydrogen-bond donors (Lipinski definition) is 1. The lowest BCUT2D eigenvalue weighted by molar-refractivity contribution is -0.0724. The maximum Gasteiger partial charge on any atom is 0.0946 e. The molecule has 0 saturated carbocycles.